The highest BCUT2D eigenvalue weighted by atomic mass is 19.3. The second kappa shape index (κ2) is 9.51. The topological polar surface area (TPSA) is 57.2 Å². The smallest absolute Gasteiger partial charge is 0.266 e. The van der Waals surface area contributed by atoms with Crippen LogP contribution in [0.15, 0.2) is 30.5 Å². The normalized spacial score (nSPS) is 16.1. The Morgan fingerprint density at radius 2 is 1.82 bits per heavy atom. The van der Waals surface area contributed by atoms with Gasteiger partial charge in [0.25, 0.3) is 6.43 Å². The molecular weight excluding hydrogens is 429 g/mol. The number of piperidine rings is 1. The molecule has 1 aliphatic heterocycles. The highest BCUT2D eigenvalue weighted by molar-refractivity contribution is 5.90. The van der Waals surface area contributed by atoms with Gasteiger partial charge in [0, 0.05) is 30.1 Å². The van der Waals surface area contributed by atoms with Crippen LogP contribution in [0.1, 0.15) is 49.2 Å². The number of anilines is 2. The zero-order valence-electron chi connectivity index (χ0n) is 19.3. The van der Waals surface area contributed by atoms with Crippen molar-refractivity contribution in [3.8, 4) is 0 Å². The van der Waals surface area contributed by atoms with Gasteiger partial charge in [0.1, 0.15) is 23.3 Å². The van der Waals surface area contributed by atoms with Gasteiger partial charge in [-0.2, -0.15) is 0 Å². The molecule has 176 valence electrons. The number of hydrogen-bond acceptors (Lipinski definition) is 6. The molecule has 1 aliphatic rings. The summed E-state index contributed by atoms with van der Waals surface area (Å²) in [5.41, 5.74) is 0.237. The van der Waals surface area contributed by atoms with Gasteiger partial charge in [0.15, 0.2) is 0 Å². The summed E-state index contributed by atoms with van der Waals surface area (Å²) >= 11 is 0. The fraction of sp³-hybridized carbons (Fsp3) is 0.458. The second-order valence-corrected chi connectivity index (χ2v) is 8.78. The second-order valence-electron chi connectivity index (χ2n) is 8.78. The highest BCUT2D eigenvalue weighted by Gasteiger charge is 2.23. The number of aromatic nitrogens is 3. The Morgan fingerprint density at radius 1 is 1.12 bits per heavy atom. The van der Waals surface area contributed by atoms with E-state index in [1.165, 1.54) is 12.1 Å². The van der Waals surface area contributed by atoms with Crippen LogP contribution in [-0.4, -0.2) is 53.1 Å². The summed E-state index contributed by atoms with van der Waals surface area (Å²) in [4.78, 5) is 18.1. The van der Waals surface area contributed by atoms with E-state index in [2.05, 4.69) is 44.2 Å². The van der Waals surface area contributed by atoms with E-state index in [0.29, 0.717) is 23.2 Å². The summed E-state index contributed by atoms with van der Waals surface area (Å²) < 4.78 is 41.0. The Labute approximate surface area is 191 Å². The maximum atomic E-state index is 14.7. The van der Waals surface area contributed by atoms with Gasteiger partial charge >= 0.3 is 0 Å². The van der Waals surface area contributed by atoms with E-state index in [-0.39, 0.29) is 5.56 Å². The van der Waals surface area contributed by atoms with Crippen LogP contribution >= 0.6 is 0 Å². The van der Waals surface area contributed by atoms with Gasteiger partial charge in [-0.15, -0.1) is 0 Å². The monoisotopic (exact) mass is 458 g/mol. The molecule has 6 nitrogen and oxygen atoms in total. The van der Waals surface area contributed by atoms with E-state index in [1.807, 2.05) is 6.07 Å². The summed E-state index contributed by atoms with van der Waals surface area (Å²) in [6.07, 6.45) is 0.966. The average molecular weight is 459 g/mol. The van der Waals surface area contributed by atoms with Gasteiger partial charge in [0.2, 0.25) is 0 Å². The fourth-order valence-electron chi connectivity index (χ4n) is 4.39. The molecule has 1 atom stereocenters. The zero-order chi connectivity index (χ0) is 23.7. The molecule has 0 saturated carbocycles. The van der Waals surface area contributed by atoms with E-state index in [1.54, 1.807) is 20.0 Å². The predicted octanol–water partition coefficient (Wildman–Crippen LogP) is 5.11. The first-order valence-electron chi connectivity index (χ1n) is 11.1. The summed E-state index contributed by atoms with van der Waals surface area (Å²) in [5, 5.41) is 3.97. The van der Waals surface area contributed by atoms with E-state index in [9.17, 15) is 13.2 Å². The summed E-state index contributed by atoms with van der Waals surface area (Å²) in [6.45, 7) is 5.30. The molecule has 0 aliphatic carbocycles. The van der Waals surface area contributed by atoms with Crippen LogP contribution in [0.25, 0.3) is 10.9 Å². The SMILES string of the molecule is Cc1nc(N[C@H](C)c2cccc(C(F)F)c2F)c2cc(N3CCC(N(C)C)CC3)ncc2n1. The first kappa shape index (κ1) is 23.2. The van der Waals surface area contributed by atoms with Crippen molar-refractivity contribution in [3.05, 3.63) is 53.2 Å². The zero-order valence-corrected chi connectivity index (χ0v) is 19.3. The van der Waals surface area contributed by atoms with Crippen molar-refractivity contribution in [2.24, 2.45) is 0 Å². The Hall–Kier alpha value is -2.94. The first-order valence-corrected chi connectivity index (χ1v) is 11.1. The third kappa shape index (κ3) is 4.88. The summed E-state index contributed by atoms with van der Waals surface area (Å²) in [5.74, 6) is 1.02. The lowest BCUT2D eigenvalue weighted by Crippen LogP contribution is -2.42. The largest absolute Gasteiger partial charge is 0.363 e. The number of nitrogens with zero attached hydrogens (tertiary/aromatic N) is 5. The van der Waals surface area contributed by atoms with Crippen LogP contribution in [0.4, 0.5) is 24.8 Å². The Balaban J connectivity index is 1.64. The molecule has 0 bridgehead atoms. The standard InChI is InChI=1S/C24H29F3N6/c1-14(17-6-5-7-18(22(17)25)23(26)27)29-24-19-12-21(28-13-20(19)30-15(2)31-24)33-10-8-16(9-11-33)32(3)4/h5-7,12-14,16,23H,8-11H2,1-4H3,(H,29,30,31)/t14-/m1/s1. The Morgan fingerprint density at radius 3 is 2.48 bits per heavy atom. The molecule has 1 N–H and O–H groups in total. The van der Waals surface area contributed by atoms with Crippen molar-refractivity contribution in [3.63, 3.8) is 0 Å². The minimum atomic E-state index is -2.87. The minimum Gasteiger partial charge on any atom is -0.363 e. The number of hydrogen-bond donors (Lipinski definition) is 1. The molecular formula is C24H29F3N6. The van der Waals surface area contributed by atoms with Gasteiger partial charge in [-0.25, -0.2) is 28.1 Å². The van der Waals surface area contributed by atoms with Crippen LogP contribution in [0.5, 0.6) is 0 Å². The molecule has 4 rings (SSSR count). The molecule has 0 unspecified atom stereocenters. The van der Waals surface area contributed by atoms with Crippen LogP contribution in [0.3, 0.4) is 0 Å². The molecule has 9 heteroatoms. The Kier molecular flexibility index (Phi) is 6.69. The molecule has 33 heavy (non-hydrogen) atoms. The maximum Gasteiger partial charge on any atom is 0.266 e. The van der Waals surface area contributed by atoms with Crippen LogP contribution in [0.2, 0.25) is 0 Å². The summed E-state index contributed by atoms with van der Waals surface area (Å²) in [7, 11) is 4.21. The van der Waals surface area contributed by atoms with Gasteiger partial charge in [-0.1, -0.05) is 18.2 Å². The van der Waals surface area contributed by atoms with Crippen molar-refractivity contribution in [2.75, 3.05) is 37.4 Å². The number of pyridine rings is 1. The lowest BCUT2D eigenvalue weighted by atomic mass is 10.0. The molecule has 1 fully saturated rings. The van der Waals surface area contributed by atoms with Gasteiger partial charge in [-0.05, 0) is 46.9 Å². The van der Waals surface area contributed by atoms with Crippen LogP contribution < -0.4 is 10.2 Å². The minimum absolute atomic E-state index is 0.164. The number of nitrogens with one attached hydrogen (secondary N) is 1. The molecule has 0 amide bonds. The lowest BCUT2D eigenvalue weighted by Gasteiger charge is -2.35. The van der Waals surface area contributed by atoms with E-state index in [0.717, 1.165) is 43.2 Å². The van der Waals surface area contributed by atoms with Crippen LogP contribution in [0, 0.1) is 12.7 Å². The number of fused-ring (bicyclic) bond motifs is 1. The molecule has 2 aromatic heterocycles. The number of aryl methyl sites for hydroxylation is 1. The first-order chi connectivity index (χ1) is 15.7. The molecule has 3 heterocycles. The van der Waals surface area contributed by atoms with Crippen molar-refractivity contribution in [1.29, 1.82) is 0 Å². The van der Waals surface area contributed by atoms with Crippen molar-refractivity contribution in [2.45, 2.75) is 45.2 Å². The molecule has 1 saturated heterocycles. The van der Waals surface area contributed by atoms with E-state index >= 15 is 0 Å². The molecule has 3 aromatic rings. The lowest BCUT2D eigenvalue weighted by molar-refractivity contribution is 0.146. The number of rotatable bonds is 6. The maximum absolute atomic E-state index is 14.7. The Bertz CT molecular complexity index is 1130. The van der Waals surface area contributed by atoms with E-state index < -0.39 is 23.8 Å². The van der Waals surface area contributed by atoms with E-state index in [4.69, 9.17) is 0 Å². The number of benzene rings is 1. The molecule has 1 aromatic carbocycles. The van der Waals surface area contributed by atoms with Gasteiger partial charge in [0.05, 0.1) is 23.3 Å². The molecule has 0 radical (unpaired) electrons. The predicted molar refractivity (Wildman–Crippen MR) is 124 cm³/mol. The summed E-state index contributed by atoms with van der Waals surface area (Å²) in [6, 6.07) is 6.00. The van der Waals surface area contributed by atoms with Crippen molar-refractivity contribution < 1.29 is 13.2 Å². The third-order valence-electron chi connectivity index (χ3n) is 6.31. The quantitative estimate of drug-likeness (QED) is 0.554. The van der Waals surface area contributed by atoms with Crippen molar-refractivity contribution >= 4 is 22.5 Å². The number of halogens is 3. The van der Waals surface area contributed by atoms with Gasteiger partial charge < -0.3 is 15.1 Å². The fourth-order valence-corrected chi connectivity index (χ4v) is 4.39. The van der Waals surface area contributed by atoms with Crippen LogP contribution in [-0.2, 0) is 0 Å². The number of alkyl halides is 2. The third-order valence-corrected chi connectivity index (χ3v) is 6.31. The molecule has 0 spiro atoms. The average Bonchev–Trinajstić information content (AvgIpc) is 2.78. The van der Waals surface area contributed by atoms with Gasteiger partial charge in [-0.3, -0.25) is 0 Å². The highest BCUT2D eigenvalue weighted by Crippen LogP contribution is 2.31. The van der Waals surface area contributed by atoms with Crippen molar-refractivity contribution in [1.82, 2.24) is 19.9 Å².